The third-order valence-corrected chi connectivity index (χ3v) is 6.36. The number of hydrogen-bond donors (Lipinski definition) is 0. The molecule has 146 valence electrons. The summed E-state index contributed by atoms with van der Waals surface area (Å²) in [6.07, 6.45) is 9.87. The number of aryl methyl sites for hydroxylation is 1. The van der Waals surface area contributed by atoms with Gasteiger partial charge in [0.1, 0.15) is 0 Å². The van der Waals surface area contributed by atoms with E-state index in [9.17, 15) is 0 Å². The molecule has 0 aliphatic carbocycles. The smallest absolute Gasteiger partial charge is 0.0177 e. The molecule has 1 fully saturated rings. The summed E-state index contributed by atoms with van der Waals surface area (Å²) in [7, 11) is 0. The predicted molar refractivity (Wildman–Crippen MR) is 118 cm³/mol. The summed E-state index contributed by atoms with van der Waals surface area (Å²) < 4.78 is 0. The monoisotopic (exact) mass is 373 g/mol. The van der Waals surface area contributed by atoms with Gasteiger partial charge in [0, 0.05) is 23.7 Å². The molecule has 1 aromatic rings. The van der Waals surface area contributed by atoms with Crippen molar-refractivity contribution in [1.29, 1.82) is 0 Å². The van der Waals surface area contributed by atoms with Gasteiger partial charge in [0.15, 0.2) is 0 Å². The Labute approximate surface area is 166 Å². The first-order chi connectivity index (χ1) is 12.3. The van der Waals surface area contributed by atoms with E-state index in [4.69, 9.17) is 0 Å². The van der Waals surface area contributed by atoms with Crippen LogP contribution in [0.1, 0.15) is 65.4 Å². The van der Waals surface area contributed by atoms with Crippen molar-refractivity contribution in [3.05, 3.63) is 42.1 Å². The van der Waals surface area contributed by atoms with Gasteiger partial charge in [0.2, 0.25) is 0 Å². The molecule has 0 spiro atoms. The van der Waals surface area contributed by atoms with Crippen LogP contribution in [0.25, 0.3) is 0 Å². The Bertz CT molecular complexity index is 547. The lowest BCUT2D eigenvalue weighted by atomic mass is 9.84. The van der Waals surface area contributed by atoms with E-state index >= 15 is 0 Å². The molecule has 1 aromatic carbocycles. The van der Waals surface area contributed by atoms with Gasteiger partial charge in [-0.3, -0.25) is 0 Å². The van der Waals surface area contributed by atoms with Gasteiger partial charge in [-0.2, -0.15) is 0 Å². The van der Waals surface area contributed by atoms with E-state index in [1.807, 2.05) is 11.8 Å². The second-order valence-corrected chi connectivity index (χ2v) is 10.3. The van der Waals surface area contributed by atoms with Crippen LogP contribution in [-0.2, 0) is 6.42 Å². The Morgan fingerprint density at radius 2 is 1.81 bits per heavy atom. The zero-order chi connectivity index (χ0) is 19.2. The molecule has 1 saturated heterocycles. The van der Waals surface area contributed by atoms with E-state index in [0.717, 1.165) is 18.3 Å². The average Bonchev–Trinajstić information content (AvgIpc) is 2.59. The fourth-order valence-corrected chi connectivity index (χ4v) is 4.51. The molecule has 1 nitrogen and oxygen atoms in total. The second-order valence-electron chi connectivity index (χ2n) is 9.46. The fourth-order valence-electron chi connectivity index (χ4n) is 4.10. The highest BCUT2D eigenvalue weighted by molar-refractivity contribution is 7.98. The second kappa shape index (κ2) is 9.88. The molecule has 2 heteroatoms. The number of hydrogen-bond acceptors (Lipinski definition) is 2. The maximum atomic E-state index is 4.35. The Balaban J connectivity index is 1.68. The number of benzene rings is 1. The summed E-state index contributed by atoms with van der Waals surface area (Å²) >= 11 is 1.82. The largest absolute Gasteiger partial charge is 0.375 e. The van der Waals surface area contributed by atoms with Gasteiger partial charge in [-0.05, 0) is 79.7 Å². The maximum Gasteiger partial charge on any atom is 0.0177 e. The first kappa shape index (κ1) is 21.4. The molecule has 0 saturated carbocycles. The molecule has 2 rings (SSSR count). The normalized spacial score (nSPS) is 17.3. The molecule has 0 amide bonds. The van der Waals surface area contributed by atoms with Crippen LogP contribution in [-0.4, -0.2) is 24.2 Å². The lowest BCUT2D eigenvalue weighted by Gasteiger charge is -2.37. The molecule has 0 aromatic heterocycles. The van der Waals surface area contributed by atoms with Crippen LogP contribution in [0.3, 0.4) is 0 Å². The highest BCUT2D eigenvalue weighted by atomic mass is 32.2. The molecule has 0 N–H and O–H groups in total. The molecular formula is C24H39NS. The zero-order valence-electron chi connectivity index (χ0n) is 17.7. The molecule has 1 heterocycles. The topological polar surface area (TPSA) is 3.24 Å². The first-order valence-corrected chi connectivity index (χ1v) is 11.5. The molecule has 1 atom stereocenters. The first-order valence-electron chi connectivity index (χ1n) is 10.3. The Morgan fingerprint density at radius 1 is 1.19 bits per heavy atom. The predicted octanol–water partition coefficient (Wildman–Crippen LogP) is 7.03. The summed E-state index contributed by atoms with van der Waals surface area (Å²) in [5, 5.41) is 0. The van der Waals surface area contributed by atoms with Crippen molar-refractivity contribution in [2.75, 3.05) is 19.3 Å². The maximum absolute atomic E-state index is 4.35. The van der Waals surface area contributed by atoms with Crippen molar-refractivity contribution in [2.24, 2.45) is 17.3 Å². The number of allylic oxidation sites excluding steroid dienone is 1. The van der Waals surface area contributed by atoms with Gasteiger partial charge in [0.25, 0.3) is 0 Å². The Morgan fingerprint density at radius 3 is 2.35 bits per heavy atom. The molecule has 26 heavy (non-hydrogen) atoms. The van der Waals surface area contributed by atoms with Crippen LogP contribution < -0.4 is 0 Å². The van der Waals surface area contributed by atoms with Crippen LogP contribution in [0.4, 0.5) is 0 Å². The van der Waals surface area contributed by atoms with Crippen molar-refractivity contribution in [3.63, 3.8) is 0 Å². The minimum absolute atomic E-state index is 0.344. The number of rotatable bonds is 8. The van der Waals surface area contributed by atoms with Gasteiger partial charge >= 0.3 is 0 Å². The zero-order valence-corrected chi connectivity index (χ0v) is 18.5. The van der Waals surface area contributed by atoms with Crippen LogP contribution in [0.15, 0.2) is 41.4 Å². The lowest BCUT2D eigenvalue weighted by Crippen LogP contribution is -2.34. The number of thioether (sulfide) groups is 1. The summed E-state index contributed by atoms with van der Waals surface area (Å²) in [5.74, 6) is 1.73. The molecular weight excluding hydrogens is 334 g/mol. The van der Waals surface area contributed by atoms with E-state index in [1.54, 1.807) is 0 Å². The molecule has 1 unspecified atom stereocenters. The van der Waals surface area contributed by atoms with E-state index in [1.165, 1.54) is 61.3 Å². The van der Waals surface area contributed by atoms with E-state index in [-0.39, 0.29) is 0 Å². The van der Waals surface area contributed by atoms with Gasteiger partial charge in [-0.25, -0.2) is 0 Å². The van der Waals surface area contributed by atoms with Crippen molar-refractivity contribution < 1.29 is 0 Å². The van der Waals surface area contributed by atoms with Crippen LogP contribution in [0, 0.1) is 17.3 Å². The van der Waals surface area contributed by atoms with Crippen LogP contribution in [0.2, 0.25) is 0 Å². The third-order valence-electron chi connectivity index (χ3n) is 5.62. The van der Waals surface area contributed by atoms with E-state index < -0.39 is 0 Å². The van der Waals surface area contributed by atoms with Crippen molar-refractivity contribution >= 4 is 11.8 Å². The minimum atomic E-state index is 0.344. The average molecular weight is 374 g/mol. The summed E-state index contributed by atoms with van der Waals surface area (Å²) in [5.41, 5.74) is 3.18. The standard InChI is InChI=1S/C24H39NS/c1-19(7-8-21-9-11-23(26-6)12-10-21)17-22-13-15-25(16-14-22)20(2)18-24(3,4)5/h9-12,19,22H,2,7-8,13-18H2,1,3-6H3. The highest BCUT2D eigenvalue weighted by Crippen LogP contribution is 2.31. The van der Waals surface area contributed by atoms with Crippen molar-refractivity contribution in [3.8, 4) is 0 Å². The Hall–Kier alpha value is -0.890. The summed E-state index contributed by atoms with van der Waals surface area (Å²) in [6, 6.07) is 9.12. The van der Waals surface area contributed by atoms with Crippen molar-refractivity contribution in [2.45, 2.75) is 71.1 Å². The number of likely N-dealkylation sites (tertiary alicyclic amines) is 1. The Kier molecular flexibility index (Phi) is 8.13. The number of piperidine rings is 1. The van der Waals surface area contributed by atoms with E-state index in [0.29, 0.717) is 5.41 Å². The SMILES string of the molecule is C=C(CC(C)(C)C)N1CCC(CC(C)CCc2ccc(SC)cc2)CC1. The molecule has 0 bridgehead atoms. The van der Waals surface area contributed by atoms with Crippen LogP contribution in [0.5, 0.6) is 0 Å². The van der Waals surface area contributed by atoms with Gasteiger partial charge in [0.05, 0.1) is 0 Å². The minimum Gasteiger partial charge on any atom is -0.375 e. The van der Waals surface area contributed by atoms with Gasteiger partial charge in [-0.1, -0.05) is 46.4 Å². The molecule has 1 aliphatic rings. The van der Waals surface area contributed by atoms with Gasteiger partial charge < -0.3 is 4.90 Å². The lowest BCUT2D eigenvalue weighted by molar-refractivity contribution is 0.188. The highest BCUT2D eigenvalue weighted by Gasteiger charge is 2.23. The van der Waals surface area contributed by atoms with Crippen LogP contribution >= 0.6 is 11.8 Å². The van der Waals surface area contributed by atoms with Crippen molar-refractivity contribution in [1.82, 2.24) is 4.90 Å². The van der Waals surface area contributed by atoms with E-state index in [2.05, 4.69) is 69.7 Å². The summed E-state index contributed by atoms with van der Waals surface area (Å²) in [4.78, 5) is 3.90. The fraction of sp³-hybridized carbons (Fsp3) is 0.667. The summed E-state index contributed by atoms with van der Waals surface area (Å²) in [6.45, 7) is 16.1. The molecule has 0 radical (unpaired) electrons. The number of nitrogens with zero attached hydrogens (tertiary/aromatic N) is 1. The quantitative estimate of drug-likeness (QED) is 0.450. The van der Waals surface area contributed by atoms with Gasteiger partial charge in [-0.15, -0.1) is 11.8 Å². The molecule has 1 aliphatic heterocycles. The third kappa shape index (κ3) is 7.39.